The van der Waals surface area contributed by atoms with Gasteiger partial charge in [0.1, 0.15) is 16.7 Å². The molecule has 2 N–H and O–H groups in total. The molecule has 1 aromatic rings. The van der Waals surface area contributed by atoms with E-state index in [-0.39, 0.29) is 58.6 Å². The van der Waals surface area contributed by atoms with Gasteiger partial charge in [-0.05, 0) is 86.6 Å². The highest BCUT2D eigenvalue weighted by atomic mass is 32.1. The number of hydrogen-bond acceptors (Lipinski definition) is 10. The Bertz CT molecular complexity index is 1520. The van der Waals surface area contributed by atoms with Crippen molar-refractivity contribution >= 4 is 41.0 Å². The summed E-state index contributed by atoms with van der Waals surface area (Å²) in [6.45, 7) is 6.27. The molecule has 9 rings (SSSR count). The molecule has 3 amide bonds. The lowest BCUT2D eigenvalue weighted by Gasteiger charge is -3.09. The molecule has 260 valence electrons. The van der Waals surface area contributed by atoms with Gasteiger partial charge in [0.05, 0.1) is 24.1 Å². The molecule has 12 nitrogen and oxygen atoms in total. The van der Waals surface area contributed by atoms with E-state index in [1.165, 1.54) is 25.4 Å². The smallest absolute Gasteiger partial charge is 0.312 e. The Hall–Kier alpha value is -3.06. The molecule has 7 aliphatic carbocycles. The lowest BCUT2D eigenvalue weighted by molar-refractivity contribution is -0.609. The second kappa shape index (κ2) is 11.0. The van der Waals surface area contributed by atoms with Gasteiger partial charge >= 0.3 is 11.9 Å². The molecule has 8 fully saturated rings. The van der Waals surface area contributed by atoms with Crippen LogP contribution in [0.5, 0.6) is 0 Å². The molecule has 4 atom stereocenters. The number of carbonyl (C=O) groups excluding carboxylic acids is 5. The number of likely N-dealkylation sites (tertiary alicyclic amines) is 1. The zero-order valence-corrected chi connectivity index (χ0v) is 29.4. The van der Waals surface area contributed by atoms with Gasteiger partial charge in [0.2, 0.25) is 11.8 Å². The minimum atomic E-state index is -0.746. The van der Waals surface area contributed by atoms with E-state index in [1.54, 1.807) is 17.3 Å². The number of carbonyl (C=O) groups is 5. The molecule has 2 heterocycles. The summed E-state index contributed by atoms with van der Waals surface area (Å²) in [5.41, 5.74) is -0.167. The van der Waals surface area contributed by atoms with Crippen molar-refractivity contribution in [2.75, 3.05) is 27.7 Å². The predicted molar refractivity (Wildman–Crippen MR) is 173 cm³/mol. The van der Waals surface area contributed by atoms with Crippen LogP contribution in [0.4, 0.5) is 0 Å². The monoisotopic (exact) mass is 681 g/mol. The fourth-order valence-corrected chi connectivity index (χ4v) is 12.3. The van der Waals surface area contributed by atoms with Gasteiger partial charge < -0.3 is 25.0 Å². The summed E-state index contributed by atoms with van der Waals surface area (Å²) in [4.78, 5) is 74.0. The molecule has 3 unspecified atom stereocenters. The maximum Gasteiger partial charge on any atom is 0.312 e. The summed E-state index contributed by atoms with van der Waals surface area (Å²) in [5, 5.41) is 8.63. The highest BCUT2D eigenvalue weighted by Gasteiger charge is 3.12. The minimum absolute atomic E-state index is 0.0156. The average molecular weight is 682 g/mol. The molecule has 1 aliphatic heterocycles. The van der Waals surface area contributed by atoms with E-state index in [2.05, 4.69) is 20.5 Å². The van der Waals surface area contributed by atoms with E-state index in [0.29, 0.717) is 52.6 Å². The van der Waals surface area contributed by atoms with Crippen molar-refractivity contribution in [1.82, 2.24) is 25.4 Å². The molecule has 7 saturated carbocycles. The number of nitrogens with one attached hydrogen (secondary N) is 2. The summed E-state index contributed by atoms with van der Waals surface area (Å²) in [6.07, 6.45) is 4.22. The van der Waals surface area contributed by atoms with E-state index in [0.717, 1.165) is 38.6 Å². The van der Waals surface area contributed by atoms with Gasteiger partial charge in [0, 0.05) is 31.8 Å². The minimum Gasteiger partial charge on any atom is -0.469 e. The number of rotatable bonds is 13. The highest BCUT2D eigenvalue weighted by Crippen LogP contribution is 3.07. The molecule has 0 aromatic carbocycles. The number of amides is 3. The van der Waals surface area contributed by atoms with Crippen LogP contribution in [-0.2, 0) is 28.7 Å². The number of likely N-dealkylation sites (N-methyl/N-ethyl adjacent to an activating group) is 2. The van der Waals surface area contributed by atoms with Gasteiger partial charge in [-0.15, -0.1) is 11.3 Å². The van der Waals surface area contributed by atoms with Gasteiger partial charge in [0.15, 0.2) is 6.10 Å². The first-order valence-electron chi connectivity index (χ1n) is 17.7. The number of methoxy groups -OCH3 is 1. The van der Waals surface area contributed by atoms with Gasteiger partial charge in [-0.1, -0.05) is 20.3 Å². The maximum absolute atomic E-state index is 14.0. The number of nitrogens with zero attached hydrogens (tertiary/aromatic N) is 3. The Balaban J connectivity index is 0.935. The van der Waals surface area contributed by atoms with Crippen LogP contribution < -0.4 is 10.6 Å². The van der Waals surface area contributed by atoms with Gasteiger partial charge in [-0.3, -0.25) is 28.9 Å². The molecule has 0 spiro atoms. The first-order chi connectivity index (χ1) is 22.9. The van der Waals surface area contributed by atoms with Crippen LogP contribution in [0.1, 0.15) is 80.9 Å². The number of aromatic nitrogens is 1. The Morgan fingerprint density at radius 1 is 1.06 bits per heavy atom. The number of hydrogen-bond donors (Lipinski definition) is 2. The topological polar surface area (TPSA) is 147 Å². The Morgan fingerprint density at radius 2 is 1.73 bits per heavy atom. The van der Waals surface area contributed by atoms with Crippen LogP contribution in [0.25, 0.3) is 0 Å². The zero-order chi connectivity index (χ0) is 34.0. The number of esters is 2. The standard InChI is InChI=1S/C35H47N5O7S/c1-15(2)20(40(5)32(44)28(17-10-11-17)37-30(43)19-9-7-8-12-39(19)4)13-21(47-16(3)41)31-36-18(14-48-31)29(42)38-35-25-22-26(35)24-27(35)23(25)34(22,24)33(45)46-6/h14-15,17,19-28H,7-13H2,1-6H3,(H,37,43)(H,38,42)/t19-,20?,21?,22?,23?,24?,25?,26?,27?,28?,34?,35?/m1/s1. The van der Waals surface area contributed by atoms with Gasteiger partial charge in [-0.25, -0.2) is 4.98 Å². The van der Waals surface area contributed by atoms with Crippen LogP contribution in [-0.4, -0.2) is 95.9 Å². The van der Waals surface area contributed by atoms with E-state index in [4.69, 9.17) is 9.47 Å². The molecule has 1 aromatic heterocycles. The maximum atomic E-state index is 14.0. The van der Waals surface area contributed by atoms with E-state index in [9.17, 15) is 24.0 Å². The normalized spacial score (nSPS) is 37.9. The molecule has 8 aliphatic rings. The van der Waals surface area contributed by atoms with Crippen molar-refractivity contribution in [3.63, 3.8) is 0 Å². The van der Waals surface area contributed by atoms with Crippen molar-refractivity contribution in [1.29, 1.82) is 0 Å². The highest BCUT2D eigenvalue weighted by molar-refractivity contribution is 7.09. The summed E-state index contributed by atoms with van der Waals surface area (Å²) in [5.74, 6) is 1.26. The van der Waals surface area contributed by atoms with Crippen molar-refractivity contribution in [2.45, 2.75) is 89.1 Å². The number of piperidine rings is 1. The Kier molecular flexibility index (Phi) is 7.35. The third-order valence-electron chi connectivity index (χ3n) is 13.6. The molecule has 13 heteroatoms. The van der Waals surface area contributed by atoms with E-state index < -0.39 is 18.1 Å². The average Bonchev–Trinajstić information content (AvgIpc) is 3.79. The first-order valence-corrected chi connectivity index (χ1v) is 18.6. The molecule has 1 saturated heterocycles. The van der Waals surface area contributed by atoms with E-state index >= 15 is 0 Å². The predicted octanol–water partition coefficient (Wildman–Crippen LogP) is 2.39. The van der Waals surface area contributed by atoms with Crippen LogP contribution in [0.2, 0.25) is 0 Å². The summed E-state index contributed by atoms with van der Waals surface area (Å²) in [6, 6.07) is -1.13. The van der Waals surface area contributed by atoms with Gasteiger partial charge in [-0.2, -0.15) is 0 Å². The number of ether oxygens (including phenoxy) is 2. The molecular weight excluding hydrogens is 634 g/mol. The number of thiazole rings is 1. The zero-order valence-electron chi connectivity index (χ0n) is 28.6. The van der Waals surface area contributed by atoms with Crippen LogP contribution >= 0.6 is 11.3 Å². The fraction of sp³-hybridized carbons (Fsp3) is 0.771. The second-order valence-corrected chi connectivity index (χ2v) is 16.8. The fourth-order valence-electron chi connectivity index (χ4n) is 11.5. The van der Waals surface area contributed by atoms with Crippen LogP contribution in [0.3, 0.4) is 0 Å². The van der Waals surface area contributed by atoms with Crippen LogP contribution in [0.15, 0.2) is 5.38 Å². The summed E-state index contributed by atoms with van der Waals surface area (Å²) >= 11 is 1.27. The second-order valence-electron chi connectivity index (χ2n) is 15.9. The SMILES string of the molecule is COC(=O)C12C3C4C1C1C2C3C41NC(=O)c1csc(C(CC(C(C)C)N(C)C(=O)C(NC(=O)[C@H]2CCCCN2C)C2CC2)OC(C)=O)n1. The van der Waals surface area contributed by atoms with Crippen molar-refractivity contribution in [3.05, 3.63) is 16.1 Å². The van der Waals surface area contributed by atoms with Crippen molar-refractivity contribution < 1.29 is 33.4 Å². The van der Waals surface area contributed by atoms with Crippen LogP contribution in [0, 0.1) is 52.8 Å². The molecule has 0 bridgehead atoms. The quantitative estimate of drug-likeness (QED) is 0.300. The third kappa shape index (κ3) is 4.03. The molecule has 0 radical (unpaired) electrons. The lowest BCUT2D eigenvalue weighted by atomic mass is 8.94. The lowest BCUT2D eigenvalue weighted by Crippen LogP contribution is -3.16. The van der Waals surface area contributed by atoms with Crippen molar-refractivity contribution in [3.8, 4) is 0 Å². The summed E-state index contributed by atoms with van der Waals surface area (Å²) < 4.78 is 10.9. The largest absolute Gasteiger partial charge is 0.469 e. The molecule has 48 heavy (non-hydrogen) atoms. The van der Waals surface area contributed by atoms with Crippen molar-refractivity contribution in [2.24, 2.45) is 52.8 Å². The Labute approximate surface area is 285 Å². The third-order valence-corrected chi connectivity index (χ3v) is 14.6. The van der Waals surface area contributed by atoms with E-state index in [1.807, 2.05) is 20.9 Å². The Morgan fingerprint density at radius 3 is 2.29 bits per heavy atom. The first kappa shape index (κ1) is 32.2. The molecular formula is C35H47N5O7S. The summed E-state index contributed by atoms with van der Waals surface area (Å²) in [7, 11) is 5.19. The van der Waals surface area contributed by atoms with Gasteiger partial charge in [0.25, 0.3) is 5.91 Å².